The molecule has 2 rings (SSSR count). The van der Waals surface area contributed by atoms with E-state index >= 15 is 0 Å². The second-order valence-corrected chi connectivity index (χ2v) is 7.62. The fourth-order valence-corrected chi connectivity index (χ4v) is 2.69. The van der Waals surface area contributed by atoms with Crippen molar-refractivity contribution in [2.45, 2.75) is 39.4 Å². The zero-order valence-corrected chi connectivity index (χ0v) is 16.8. The minimum absolute atomic E-state index is 0.00706. The Morgan fingerprint density at radius 1 is 1.14 bits per heavy atom. The number of benzene rings is 1. The van der Waals surface area contributed by atoms with Crippen LogP contribution in [0.1, 0.15) is 32.8 Å². The summed E-state index contributed by atoms with van der Waals surface area (Å²) in [5.74, 6) is -0.125. The molecule has 0 saturated carbocycles. The van der Waals surface area contributed by atoms with E-state index in [2.05, 4.69) is 5.32 Å². The molecule has 1 N–H and O–H groups in total. The van der Waals surface area contributed by atoms with Crippen molar-refractivity contribution in [1.29, 1.82) is 0 Å². The van der Waals surface area contributed by atoms with Crippen molar-refractivity contribution in [1.82, 2.24) is 15.1 Å². The van der Waals surface area contributed by atoms with Gasteiger partial charge in [0.1, 0.15) is 18.8 Å². The van der Waals surface area contributed by atoms with Gasteiger partial charge in [0, 0.05) is 26.2 Å². The minimum atomic E-state index is -0.536. The second-order valence-electron chi connectivity index (χ2n) is 7.62. The van der Waals surface area contributed by atoms with E-state index in [1.165, 1.54) is 4.90 Å². The molecule has 0 aliphatic carbocycles. The molecule has 1 aliphatic heterocycles. The number of alkyl carbamates (subject to hydrolysis) is 1. The zero-order valence-electron chi connectivity index (χ0n) is 16.8. The van der Waals surface area contributed by atoms with Crippen molar-refractivity contribution in [3.63, 3.8) is 0 Å². The van der Waals surface area contributed by atoms with Crippen molar-refractivity contribution in [2.75, 3.05) is 32.7 Å². The van der Waals surface area contributed by atoms with Crippen LogP contribution in [0.5, 0.6) is 0 Å². The number of nitrogens with one attached hydrogen (secondary N) is 1. The molecule has 1 aliphatic rings. The average molecular weight is 391 g/mol. The monoisotopic (exact) mass is 391 g/mol. The fraction of sp³-hybridized carbons (Fsp3) is 0.550. The fourth-order valence-electron chi connectivity index (χ4n) is 2.69. The van der Waals surface area contributed by atoms with Gasteiger partial charge in [0.2, 0.25) is 5.91 Å². The zero-order chi connectivity index (χ0) is 20.6. The van der Waals surface area contributed by atoms with Crippen molar-refractivity contribution >= 4 is 18.1 Å². The Morgan fingerprint density at radius 3 is 2.50 bits per heavy atom. The van der Waals surface area contributed by atoms with Gasteiger partial charge in [0.15, 0.2) is 0 Å². The number of amides is 3. The van der Waals surface area contributed by atoms with Gasteiger partial charge in [-0.15, -0.1) is 0 Å². The number of carbonyl (C=O) groups is 3. The number of piperazine rings is 1. The highest BCUT2D eigenvalue weighted by Gasteiger charge is 2.27. The highest BCUT2D eigenvalue weighted by Crippen LogP contribution is 2.09. The molecular formula is C20H29N3O5. The number of carbonyl (C=O) groups excluding carboxylic acids is 3. The Hall–Kier alpha value is -2.77. The Labute approximate surface area is 165 Å². The maximum atomic E-state index is 12.3. The lowest BCUT2D eigenvalue weighted by atomic mass is 10.2. The predicted octanol–water partition coefficient (Wildman–Crippen LogP) is 2.38. The van der Waals surface area contributed by atoms with Crippen LogP contribution in [-0.4, -0.2) is 66.2 Å². The highest BCUT2D eigenvalue weighted by atomic mass is 16.6. The number of hydrogen-bond donors (Lipinski definition) is 1. The molecule has 1 heterocycles. The largest absolute Gasteiger partial charge is 0.445 e. The summed E-state index contributed by atoms with van der Waals surface area (Å²) in [6.45, 7) is 7.41. The molecule has 1 fully saturated rings. The van der Waals surface area contributed by atoms with E-state index in [0.29, 0.717) is 32.6 Å². The summed E-state index contributed by atoms with van der Waals surface area (Å²) < 4.78 is 10.4. The summed E-state index contributed by atoms with van der Waals surface area (Å²) in [4.78, 5) is 39.1. The van der Waals surface area contributed by atoms with Crippen molar-refractivity contribution in [3.05, 3.63) is 35.9 Å². The smallest absolute Gasteiger partial charge is 0.410 e. The summed E-state index contributed by atoms with van der Waals surface area (Å²) >= 11 is 0. The number of hydrogen-bond acceptors (Lipinski definition) is 5. The lowest BCUT2D eigenvalue weighted by molar-refractivity contribution is -0.135. The van der Waals surface area contributed by atoms with Crippen LogP contribution in [-0.2, 0) is 20.9 Å². The van der Waals surface area contributed by atoms with E-state index in [0.717, 1.165) is 5.56 Å². The maximum absolute atomic E-state index is 12.3. The van der Waals surface area contributed by atoms with Crippen molar-refractivity contribution in [3.8, 4) is 0 Å². The molecule has 0 bridgehead atoms. The summed E-state index contributed by atoms with van der Waals surface area (Å²) in [6.07, 6.45) is -0.336. The number of ether oxygens (including phenoxy) is 2. The van der Waals surface area contributed by atoms with Gasteiger partial charge in [0.25, 0.3) is 0 Å². The van der Waals surface area contributed by atoms with Gasteiger partial charge in [-0.1, -0.05) is 30.3 Å². The molecule has 1 saturated heterocycles. The van der Waals surface area contributed by atoms with Crippen LogP contribution in [0.4, 0.5) is 9.59 Å². The van der Waals surface area contributed by atoms with Gasteiger partial charge < -0.3 is 19.7 Å². The third-order valence-electron chi connectivity index (χ3n) is 4.06. The van der Waals surface area contributed by atoms with Gasteiger partial charge in [-0.2, -0.15) is 0 Å². The quantitative estimate of drug-likeness (QED) is 0.752. The third kappa shape index (κ3) is 7.46. The van der Waals surface area contributed by atoms with E-state index in [9.17, 15) is 14.4 Å². The molecule has 0 unspecified atom stereocenters. The van der Waals surface area contributed by atoms with Gasteiger partial charge in [-0.25, -0.2) is 9.59 Å². The molecule has 28 heavy (non-hydrogen) atoms. The number of rotatable bonds is 6. The Bertz CT molecular complexity index is 672. The standard InChI is InChI=1S/C20H29N3O5/c1-20(2,3)28-18(25)21-10-7-11-22-12-13-23(14-17(22)24)19(26)27-15-16-8-5-4-6-9-16/h4-6,8-9H,7,10-15H2,1-3H3,(H,21,25). The van der Waals surface area contributed by atoms with Crippen LogP contribution in [0.2, 0.25) is 0 Å². The summed E-state index contributed by atoms with van der Waals surface area (Å²) in [7, 11) is 0. The van der Waals surface area contributed by atoms with Crippen LogP contribution < -0.4 is 5.32 Å². The normalized spacial score (nSPS) is 14.6. The van der Waals surface area contributed by atoms with Crippen molar-refractivity contribution in [2.24, 2.45) is 0 Å². The maximum Gasteiger partial charge on any atom is 0.410 e. The van der Waals surface area contributed by atoms with Gasteiger partial charge in [-0.3, -0.25) is 9.69 Å². The Kier molecular flexibility index (Phi) is 7.66. The van der Waals surface area contributed by atoms with Crippen molar-refractivity contribution < 1.29 is 23.9 Å². The molecule has 0 spiro atoms. The molecule has 8 heteroatoms. The van der Waals surface area contributed by atoms with E-state index in [1.807, 2.05) is 30.3 Å². The summed E-state index contributed by atoms with van der Waals surface area (Å²) in [5.41, 5.74) is 0.365. The first kappa shape index (κ1) is 21.5. The average Bonchev–Trinajstić information content (AvgIpc) is 2.63. The van der Waals surface area contributed by atoms with E-state index < -0.39 is 17.8 Å². The van der Waals surface area contributed by atoms with E-state index in [-0.39, 0.29) is 19.1 Å². The molecule has 0 atom stereocenters. The lowest BCUT2D eigenvalue weighted by Gasteiger charge is -2.33. The van der Waals surface area contributed by atoms with Crippen LogP contribution in [0.15, 0.2) is 30.3 Å². The van der Waals surface area contributed by atoms with Crippen LogP contribution in [0.3, 0.4) is 0 Å². The lowest BCUT2D eigenvalue weighted by Crippen LogP contribution is -2.52. The van der Waals surface area contributed by atoms with Crippen LogP contribution in [0, 0.1) is 0 Å². The first-order valence-corrected chi connectivity index (χ1v) is 9.45. The Morgan fingerprint density at radius 2 is 1.86 bits per heavy atom. The molecule has 0 aromatic heterocycles. The number of nitrogens with zero attached hydrogens (tertiary/aromatic N) is 2. The van der Waals surface area contributed by atoms with E-state index in [4.69, 9.17) is 9.47 Å². The van der Waals surface area contributed by atoms with Gasteiger partial charge in [0.05, 0.1) is 0 Å². The second kappa shape index (κ2) is 9.96. The highest BCUT2D eigenvalue weighted by molar-refractivity contribution is 5.83. The molecule has 8 nitrogen and oxygen atoms in total. The topological polar surface area (TPSA) is 88.2 Å². The van der Waals surface area contributed by atoms with Crippen LogP contribution >= 0.6 is 0 Å². The molecule has 154 valence electrons. The first-order valence-electron chi connectivity index (χ1n) is 9.45. The molecule has 0 radical (unpaired) electrons. The molecule has 1 aromatic rings. The summed E-state index contributed by atoms with van der Waals surface area (Å²) in [6, 6.07) is 9.40. The third-order valence-corrected chi connectivity index (χ3v) is 4.06. The molecular weight excluding hydrogens is 362 g/mol. The van der Waals surface area contributed by atoms with Crippen LogP contribution in [0.25, 0.3) is 0 Å². The molecule has 3 amide bonds. The SMILES string of the molecule is CC(C)(C)OC(=O)NCCCN1CCN(C(=O)OCc2ccccc2)CC1=O. The minimum Gasteiger partial charge on any atom is -0.445 e. The Balaban J connectivity index is 1.65. The van der Waals surface area contributed by atoms with Gasteiger partial charge >= 0.3 is 12.2 Å². The molecule has 1 aromatic carbocycles. The van der Waals surface area contributed by atoms with Gasteiger partial charge in [-0.05, 0) is 32.8 Å². The van der Waals surface area contributed by atoms with E-state index in [1.54, 1.807) is 25.7 Å². The summed E-state index contributed by atoms with van der Waals surface area (Å²) in [5, 5.41) is 2.67. The predicted molar refractivity (Wildman–Crippen MR) is 104 cm³/mol. The first-order chi connectivity index (χ1) is 13.2.